The van der Waals surface area contributed by atoms with Crippen molar-refractivity contribution in [2.75, 3.05) is 0 Å². The molecular formula is C12H14N8. The molecule has 2 aromatic rings. The number of amidine groups is 2. The number of nitrogens with zero attached hydrogens (tertiary/aromatic N) is 4. The quantitative estimate of drug-likeness (QED) is 0.250. The third-order valence-electron chi connectivity index (χ3n) is 2.56. The van der Waals surface area contributed by atoms with Crippen LogP contribution in [0.25, 0.3) is 11.4 Å². The highest BCUT2D eigenvalue weighted by Gasteiger charge is 2.07. The average molecular weight is 270 g/mol. The topological polar surface area (TPSA) is 155 Å². The van der Waals surface area contributed by atoms with Crippen LogP contribution in [0.2, 0.25) is 0 Å². The number of hydrazone groups is 2. The SMILES string of the molecule is N/N=C(\N)c1cccc(-c2cccc(/C(N)=N/N)n2)n1. The molecule has 0 radical (unpaired) electrons. The van der Waals surface area contributed by atoms with E-state index in [9.17, 15) is 0 Å². The molecule has 0 amide bonds. The Morgan fingerprint density at radius 1 is 0.750 bits per heavy atom. The van der Waals surface area contributed by atoms with Gasteiger partial charge in [-0.05, 0) is 24.3 Å². The lowest BCUT2D eigenvalue weighted by Gasteiger charge is -2.05. The van der Waals surface area contributed by atoms with Gasteiger partial charge >= 0.3 is 0 Å². The molecule has 2 aromatic heterocycles. The minimum Gasteiger partial charge on any atom is -0.380 e. The van der Waals surface area contributed by atoms with E-state index < -0.39 is 0 Å². The summed E-state index contributed by atoms with van der Waals surface area (Å²) in [4.78, 5) is 8.66. The normalized spacial score (nSPS) is 12.4. The number of nitrogens with two attached hydrogens (primary N) is 4. The molecular weight excluding hydrogens is 256 g/mol. The van der Waals surface area contributed by atoms with Crippen LogP contribution in [0.1, 0.15) is 11.4 Å². The van der Waals surface area contributed by atoms with Crippen LogP contribution in [-0.2, 0) is 0 Å². The molecule has 0 aliphatic rings. The minimum atomic E-state index is 0.144. The molecule has 0 unspecified atom stereocenters. The summed E-state index contributed by atoms with van der Waals surface area (Å²) in [6, 6.07) is 10.5. The average Bonchev–Trinajstić information content (AvgIpc) is 2.53. The van der Waals surface area contributed by atoms with E-state index >= 15 is 0 Å². The Morgan fingerprint density at radius 3 is 1.50 bits per heavy atom. The van der Waals surface area contributed by atoms with Crippen molar-refractivity contribution in [3.05, 3.63) is 47.8 Å². The largest absolute Gasteiger partial charge is 0.380 e. The first-order valence-electron chi connectivity index (χ1n) is 5.67. The molecule has 0 bridgehead atoms. The van der Waals surface area contributed by atoms with Gasteiger partial charge in [-0.3, -0.25) is 0 Å². The van der Waals surface area contributed by atoms with Gasteiger partial charge in [0.25, 0.3) is 0 Å². The zero-order valence-electron chi connectivity index (χ0n) is 10.6. The lowest BCUT2D eigenvalue weighted by Crippen LogP contribution is -2.18. The standard InChI is InChI=1S/C12H14N8/c13-11(19-15)9-5-1-3-7(17-9)8-4-2-6-10(18-8)12(14)20-16/h1-6H,15-16H2,(H2,13,19)(H2,14,20). The summed E-state index contributed by atoms with van der Waals surface area (Å²) in [5.74, 6) is 10.6. The highest BCUT2D eigenvalue weighted by atomic mass is 15.2. The second-order valence-corrected chi connectivity index (χ2v) is 3.84. The van der Waals surface area contributed by atoms with Crippen molar-refractivity contribution in [3.63, 3.8) is 0 Å². The lowest BCUT2D eigenvalue weighted by molar-refractivity contribution is 1.17. The summed E-state index contributed by atoms with van der Waals surface area (Å²) in [5, 5.41) is 6.82. The number of hydrogen-bond donors (Lipinski definition) is 4. The summed E-state index contributed by atoms with van der Waals surface area (Å²) in [7, 11) is 0. The molecule has 0 fully saturated rings. The van der Waals surface area contributed by atoms with Gasteiger partial charge in [-0.1, -0.05) is 12.1 Å². The molecule has 2 heterocycles. The van der Waals surface area contributed by atoms with Gasteiger partial charge in [0.05, 0.1) is 11.4 Å². The zero-order chi connectivity index (χ0) is 14.5. The maximum Gasteiger partial charge on any atom is 0.168 e. The van der Waals surface area contributed by atoms with E-state index in [1.807, 2.05) is 0 Å². The van der Waals surface area contributed by atoms with Gasteiger partial charge in [-0.15, -0.1) is 0 Å². The Labute approximate surface area is 115 Å². The molecule has 0 atom stereocenters. The molecule has 0 aliphatic carbocycles. The molecule has 8 heteroatoms. The molecule has 8 N–H and O–H groups in total. The minimum absolute atomic E-state index is 0.144. The first kappa shape index (κ1) is 13.3. The van der Waals surface area contributed by atoms with Crippen LogP contribution < -0.4 is 23.2 Å². The molecule has 8 nitrogen and oxygen atoms in total. The Balaban J connectivity index is 2.47. The molecule has 0 saturated carbocycles. The van der Waals surface area contributed by atoms with Gasteiger partial charge in [-0.2, -0.15) is 10.2 Å². The fourth-order valence-electron chi connectivity index (χ4n) is 1.57. The van der Waals surface area contributed by atoms with Crippen LogP contribution in [0, 0.1) is 0 Å². The van der Waals surface area contributed by atoms with Crippen LogP contribution in [0.3, 0.4) is 0 Å². The predicted molar refractivity (Wildman–Crippen MR) is 77.3 cm³/mol. The van der Waals surface area contributed by atoms with Gasteiger partial charge < -0.3 is 23.2 Å². The summed E-state index contributed by atoms with van der Waals surface area (Å²) >= 11 is 0. The molecule has 0 aromatic carbocycles. The maximum atomic E-state index is 5.63. The van der Waals surface area contributed by atoms with Crippen molar-refractivity contribution in [1.29, 1.82) is 0 Å². The van der Waals surface area contributed by atoms with Gasteiger partial charge in [0.1, 0.15) is 11.4 Å². The summed E-state index contributed by atoms with van der Waals surface area (Å²) in [5.41, 5.74) is 13.4. The van der Waals surface area contributed by atoms with Crippen molar-refractivity contribution >= 4 is 11.7 Å². The van der Waals surface area contributed by atoms with Crippen molar-refractivity contribution in [2.45, 2.75) is 0 Å². The van der Waals surface area contributed by atoms with Crippen LogP contribution in [0.15, 0.2) is 46.6 Å². The summed E-state index contributed by atoms with van der Waals surface area (Å²) in [6.07, 6.45) is 0. The molecule has 2 rings (SSSR count). The Bertz CT molecular complexity index is 617. The van der Waals surface area contributed by atoms with E-state index in [-0.39, 0.29) is 11.7 Å². The van der Waals surface area contributed by atoms with Gasteiger partial charge in [0, 0.05) is 0 Å². The van der Waals surface area contributed by atoms with E-state index in [2.05, 4.69) is 20.2 Å². The van der Waals surface area contributed by atoms with Gasteiger partial charge in [0.15, 0.2) is 11.7 Å². The summed E-state index contributed by atoms with van der Waals surface area (Å²) in [6.45, 7) is 0. The van der Waals surface area contributed by atoms with Crippen LogP contribution in [-0.4, -0.2) is 21.6 Å². The maximum absolute atomic E-state index is 5.63. The Kier molecular flexibility index (Phi) is 3.75. The third kappa shape index (κ3) is 2.64. The number of aromatic nitrogens is 2. The second-order valence-electron chi connectivity index (χ2n) is 3.84. The number of pyridine rings is 2. The fourth-order valence-corrected chi connectivity index (χ4v) is 1.57. The van der Waals surface area contributed by atoms with Crippen LogP contribution >= 0.6 is 0 Å². The van der Waals surface area contributed by atoms with Crippen molar-refractivity contribution in [3.8, 4) is 11.4 Å². The first-order chi connectivity index (χ1) is 9.65. The van der Waals surface area contributed by atoms with E-state index in [0.29, 0.717) is 22.8 Å². The van der Waals surface area contributed by atoms with Crippen molar-refractivity contribution in [2.24, 2.45) is 33.4 Å². The van der Waals surface area contributed by atoms with E-state index in [1.54, 1.807) is 36.4 Å². The molecule has 0 aliphatic heterocycles. The fraction of sp³-hybridized carbons (Fsp3) is 0. The lowest BCUT2D eigenvalue weighted by atomic mass is 10.2. The highest BCUT2D eigenvalue weighted by molar-refractivity contribution is 5.96. The second kappa shape index (κ2) is 5.65. The molecule has 20 heavy (non-hydrogen) atoms. The van der Waals surface area contributed by atoms with E-state index in [1.165, 1.54) is 0 Å². The molecule has 102 valence electrons. The van der Waals surface area contributed by atoms with Gasteiger partial charge in [0.2, 0.25) is 0 Å². The van der Waals surface area contributed by atoms with Crippen LogP contribution in [0.5, 0.6) is 0 Å². The van der Waals surface area contributed by atoms with Crippen molar-refractivity contribution < 1.29 is 0 Å². The first-order valence-corrected chi connectivity index (χ1v) is 5.67. The monoisotopic (exact) mass is 270 g/mol. The number of rotatable bonds is 3. The van der Waals surface area contributed by atoms with E-state index in [0.717, 1.165) is 0 Å². The molecule has 0 saturated heterocycles. The Morgan fingerprint density at radius 2 is 1.15 bits per heavy atom. The smallest absolute Gasteiger partial charge is 0.168 e. The Hall–Kier alpha value is -3.16. The van der Waals surface area contributed by atoms with Gasteiger partial charge in [-0.25, -0.2) is 9.97 Å². The summed E-state index contributed by atoms with van der Waals surface area (Å²) < 4.78 is 0. The van der Waals surface area contributed by atoms with Crippen molar-refractivity contribution in [1.82, 2.24) is 9.97 Å². The molecule has 0 spiro atoms. The van der Waals surface area contributed by atoms with E-state index in [4.69, 9.17) is 23.2 Å². The third-order valence-corrected chi connectivity index (χ3v) is 2.56. The highest BCUT2D eigenvalue weighted by Crippen LogP contribution is 2.15. The zero-order valence-corrected chi connectivity index (χ0v) is 10.6. The van der Waals surface area contributed by atoms with Crippen LogP contribution in [0.4, 0.5) is 0 Å². The predicted octanol–water partition coefficient (Wildman–Crippen LogP) is -0.698. The number of hydrogen-bond acceptors (Lipinski definition) is 6.